The van der Waals surface area contributed by atoms with Crippen molar-refractivity contribution in [3.8, 4) is 10.6 Å². The molecular formula is C11H7BrN2OS. The zero-order valence-corrected chi connectivity index (χ0v) is 10.5. The van der Waals surface area contributed by atoms with Crippen molar-refractivity contribution >= 4 is 44.1 Å². The Kier molecular flexibility index (Phi) is 2.22. The summed E-state index contributed by atoms with van der Waals surface area (Å²) in [4.78, 5) is 4.29. The van der Waals surface area contributed by atoms with Crippen molar-refractivity contribution in [3.05, 3.63) is 34.3 Å². The van der Waals surface area contributed by atoms with E-state index in [1.807, 2.05) is 24.3 Å². The average molecular weight is 295 g/mol. The van der Waals surface area contributed by atoms with E-state index in [4.69, 9.17) is 10.2 Å². The number of furan rings is 1. The molecule has 16 heavy (non-hydrogen) atoms. The molecule has 1 aromatic carbocycles. The number of rotatable bonds is 1. The Morgan fingerprint density at radius 2 is 2.12 bits per heavy atom. The van der Waals surface area contributed by atoms with Crippen LogP contribution >= 0.6 is 27.3 Å². The van der Waals surface area contributed by atoms with Gasteiger partial charge in [0.25, 0.3) is 0 Å². The van der Waals surface area contributed by atoms with Gasteiger partial charge in [-0.1, -0.05) is 18.2 Å². The molecule has 0 unspecified atom stereocenters. The molecule has 2 aromatic heterocycles. The summed E-state index contributed by atoms with van der Waals surface area (Å²) in [6, 6.07) is 7.87. The fourth-order valence-electron chi connectivity index (χ4n) is 1.57. The Morgan fingerprint density at radius 1 is 1.31 bits per heavy atom. The van der Waals surface area contributed by atoms with Gasteiger partial charge in [-0.2, -0.15) is 0 Å². The number of fused-ring (bicyclic) bond motifs is 1. The van der Waals surface area contributed by atoms with Crippen LogP contribution in [0.2, 0.25) is 0 Å². The van der Waals surface area contributed by atoms with Crippen LogP contribution in [-0.4, -0.2) is 4.98 Å². The predicted octanol–water partition coefficient (Wildman–Crippen LogP) is 3.90. The highest BCUT2D eigenvalue weighted by Crippen LogP contribution is 2.37. The van der Waals surface area contributed by atoms with E-state index in [2.05, 4.69) is 20.9 Å². The van der Waals surface area contributed by atoms with Crippen molar-refractivity contribution in [3.63, 3.8) is 0 Å². The van der Waals surface area contributed by atoms with Crippen molar-refractivity contribution in [2.75, 3.05) is 5.73 Å². The summed E-state index contributed by atoms with van der Waals surface area (Å²) >= 11 is 4.87. The number of anilines is 1. The summed E-state index contributed by atoms with van der Waals surface area (Å²) in [6.07, 6.45) is 1.72. The lowest BCUT2D eigenvalue weighted by Crippen LogP contribution is -1.84. The maximum absolute atomic E-state index is 5.71. The van der Waals surface area contributed by atoms with Crippen LogP contribution in [0.5, 0.6) is 0 Å². The third-order valence-electron chi connectivity index (χ3n) is 2.32. The van der Waals surface area contributed by atoms with E-state index in [9.17, 15) is 0 Å². The van der Waals surface area contributed by atoms with E-state index in [0.29, 0.717) is 5.82 Å². The summed E-state index contributed by atoms with van der Waals surface area (Å²) in [5, 5.41) is 1.93. The van der Waals surface area contributed by atoms with Crippen LogP contribution in [0.1, 0.15) is 0 Å². The second-order valence-corrected chi connectivity index (χ2v) is 5.64. The first-order valence-corrected chi connectivity index (χ1v) is 6.25. The minimum atomic E-state index is 0.519. The maximum Gasteiger partial charge on any atom is 0.149 e. The molecule has 5 heteroatoms. The van der Waals surface area contributed by atoms with Gasteiger partial charge in [0.15, 0.2) is 0 Å². The SMILES string of the molecule is Nc1nc(-c2coc3ccccc23)sc1Br. The largest absolute Gasteiger partial charge is 0.464 e. The van der Waals surface area contributed by atoms with E-state index in [1.54, 1.807) is 6.26 Å². The average Bonchev–Trinajstić information content (AvgIpc) is 2.83. The molecule has 80 valence electrons. The second kappa shape index (κ2) is 3.61. The molecular weight excluding hydrogens is 288 g/mol. The molecule has 0 bridgehead atoms. The molecule has 0 radical (unpaired) electrons. The van der Waals surface area contributed by atoms with Crippen LogP contribution in [0.4, 0.5) is 5.82 Å². The van der Waals surface area contributed by atoms with Gasteiger partial charge in [0.1, 0.15) is 26.5 Å². The van der Waals surface area contributed by atoms with Crippen LogP contribution in [-0.2, 0) is 0 Å². The van der Waals surface area contributed by atoms with Gasteiger partial charge in [-0.3, -0.25) is 0 Å². The van der Waals surface area contributed by atoms with E-state index >= 15 is 0 Å². The standard InChI is InChI=1S/C11H7BrN2OS/c12-9-10(13)14-11(16-9)7-5-15-8-4-2-1-3-6(7)8/h1-5H,13H2. The second-order valence-electron chi connectivity index (χ2n) is 3.32. The van der Waals surface area contributed by atoms with Crippen molar-refractivity contribution in [1.82, 2.24) is 4.98 Å². The lowest BCUT2D eigenvalue weighted by molar-refractivity contribution is 0.617. The van der Waals surface area contributed by atoms with Crippen LogP contribution in [0.15, 0.2) is 38.7 Å². The summed E-state index contributed by atoms with van der Waals surface area (Å²) in [7, 11) is 0. The first-order valence-electron chi connectivity index (χ1n) is 4.64. The Hall–Kier alpha value is -1.33. The number of hydrogen-bond acceptors (Lipinski definition) is 4. The summed E-state index contributed by atoms with van der Waals surface area (Å²) < 4.78 is 6.32. The first kappa shape index (κ1) is 9.86. The van der Waals surface area contributed by atoms with E-state index in [0.717, 1.165) is 25.3 Å². The molecule has 3 aromatic rings. The van der Waals surface area contributed by atoms with E-state index < -0.39 is 0 Å². The first-order chi connectivity index (χ1) is 7.75. The number of hydrogen-bond donors (Lipinski definition) is 1. The number of para-hydroxylation sites is 1. The minimum Gasteiger partial charge on any atom is -0.464 e. The summed E-state index contributed by atoms with van der Waals surface area (Å²) in [6.45, 7) is 0. The molecule has 0 saturated carbocycles. The lowest BCUT2D eigenvalue weighted by Gasteiger charge is -1.90. The Balaban J connectivity index is 2.26. The number of thiazole rings is 1. The number of aromatic nitrogens is 1. The molecule has 2 N–H and O–H groups in total. The minimum absolute atomic E-state index is 0.519. The molecule has 3 rings (SSSR count). The normalized spacial score (nSPS) is 11.1. The molecule has 0 amide bonds. The van der Waals surface area contributed by atoms with Gasteiger partial charge in [-0.15, -0.1) is 11.3 Å². The Bertz CT molecular complexity index is 639. The molecule has 0 atom stereocenters. The number of halogens is 1. The van der Waals surface area contributed by atoms with Gasteiger partial charge in [0.2, 0.25) is 0 Å². The van der Waals surface area contributed by atoms with Crippen LogP contribution in [0, 0.1) is 0 Å². The smallest absolute Gasteiger partial charge is 0.149 e. The molecule has 0 saturated heterocycles. The Morgan fingerprint density at radius 3 is 2.88 bits per heavy atom. The highest BCUT2D eigenvalue weighted by Gasteiger charge is 2.13. The van der Waals surface area contributed by atoms with Crippen molar-refractivity contribution in [2.45, 2.75) is 0 Å². The van der Waals surface area contributed by atoms with Gasteiger partial charge in [-0.05, 0) is 22.0 Å². The van der Waals surface area contributed by atoms with Crippen LogP contribution in [0.25, 0.3) is 21.5 Å². The highest BCUT2D eigenvalue weighted by molar-refractivity contribution is 9.11. The lowest BCUT2D eigenvalue weighted by atomic mass is 10.2. The number of benzene rings is 1. The zero-order chi connectivity index (χ0) is 11.1. The molecule has 0 fully saturated rings. The van der Waals surface area contributed by atoms with Crippen LogP contribution in [0.3, 0.4) is 0 Å². The molecule has 2 heterocycles. The third kappa shape index (κ3) is 1.44. The number of nitrogen functional groups attached to an aromatic ring is 1. The van der Waals surface area contributed by atoms with E-state index in [1.165, 1.54) is 11.3 Å². The molecule has 0 aliphatic carbocycles. The molecule has 3 nitrogen and oxygen atoms in total. The Labute approximate surface area is 104 Å². The maximum atomic E-state index is 5.71. The number of nitrogens with zero attached hydrogens (tertiary/aromatic N) is 1. The molecule has 0 aliphatic heterocycles. The van der Waals surface area contributed by atoms with Crippen LogP contribution < -0.4 is 5.73 Å². The number of nitrogens with two attached hydrogens (primary N) is 1. The van der Waals surface area contributed by atoms with Crippen molar-refractivity contribution in [2.24, 2.45) is 0 Å². The monoisotopic (exact) mass is 294 g/mol. The quantitative estimate of drug-likeness (QED) is 0.740. The summed E-state index contributed by atoms with van der Waals surface area (Å²) in [5.74, 6) is 0.519. The van der Waals surface area contributed by atoms with Gasteiger partial charge >= 0.3 is 0 Å². The van der Waals surface area contributed by atoms with Crippen molar-refractivity contribution in [1.29, 1.82) is 0 Å². The third-order valence-corrected chi connectivity index (χ3v) is 4.11. The molecule has 0 spiro atoms. The van der Waals surface area contributed by atoms with Gasteiger partial charge in [-0.25, -0.2) is 4.98 Å². The topological polar surface area (TPSA) is 52.0 Å². The van der Waals surface area contributed by atoms with E-state index in [-0.39, 0.29) is 0 Å². The highest BCUT2D eigenvalue weighted by atomic mass is 79.9. The fourth-order valence-corrected chi connectivity index (χ4v) is 2.85. The van der Waals surface area contributed by atoms with Gasteiger partial charge < -0.3 is 10.2 Å². The molecule has 0 aliphatic rings. The fraction of sp³-hybridized carbons (Fsp3) is 0. The summed E-state index contributed by atoms with van der Waals surface area (Å²) in [5.41, 5.74) is 7.56. The van der Waals surface area contributed by atoms with Gasteiger partial charge in [0.05, 0.1) is 5.56 Å². The van der Waals surface area contributed by atoms with Crippen molar-refractivity contribution < 1.29 is 4.42 Å². The van der Waals surface area contributed by atoms with Gasteiger partial charge in [0, 0.05) is 5.39 Å². The predicted molar refractivity (Wildman–Crippen MR) is 69.4 cm³/mol. The zero-order valence-electron chi connectivity index (χ0n) is 8.11.